The Labute approximate surface area is 123 Å². The largest absolute Gasteiger partial charge is 0.481 e. The van der Waals surface area contributed by atoms with Crippen molar-refractivity contribution in [2.75, 3.05) is 0 Å². The van der Waals surface area contributed by atoms with E-state index in [0.717, 1.165) is 6.20 Å². The fourth-order valence-electron chi connectivity index (χ4n) is 1.93. The molecule has 1 aromatic carbocycles. The van der Waals surface area contributed by atoms with Gasteiger partial charge in [-0.1, -0.05) is 30.3 Å². The second kappa shape index (κ2) is 6.53. The van der Waals surface area contributed by atoms with Crippen molar-refractivity contribution in [1.82, 2.24) is 15.3 Å². The summed E-state index contributed by atoms with van der Waals surface area (Å²) in [6, 6.07) is 7.73. The summed E-state index contributed by atoms with van der Waals surface area (Å²) in [5, 5.41) is 11.4. The van der Waals surface area contributed by atoms with Crippen LogP contribution in [-0.4, -0.2) is 27.0 Å². The van der Waals surface area contributed by atoms with Gasteiger partial charge >= 0.3 is 11.7 Å². The van der Waals surface area contributed by atoms with E-state index in [0.29, 0.717) is 5.56 Å². The number of carboxylic acid groups (broad SMARTS) is 1. The van der Waals surface area contributed by atoms with E-state index in [1.54, 1.807) is 30.3 Å². The summed E-state index contributed by atoms with van der Waals surface area (Å²) >= 11 is 0. The lowest BCUT2D eigenvalue weighted by Gasteiger charge is -2.17. The van der Waals surface area contributed by atoms with Crippen LogP contribution < -0.4 is 16.6 Å². The van der Waals surface area contributed by atoms with Crippen LogP contribution in [0.5, 0.6) is 0 Å². The van der Waals surface area contributed by atoms with Gasteiger partial charge in [0.1, 0.15) is 5.56 Å². The van der Waals surface area contributed by atoms with Gasteiger partial charge in [-0.15, -0.1) is 0 Å². The monoisotopic (exact) mass is 303 g/mol. The first-order valence-corrected chi connectivity index (χ1v) is 6.37. The first-order chi connectivity index (χ1) is 10.5. The minimum absolute atomic E-state index is 0.300. The summed E-state index contributed by atoms with van der Waals surface area (Å²) in [7, 11) is 0. The maximum absolute atomic E-state index is 12.1. The zero-order valence-corrected chi connectivity index (χ0v) is 11.3. The summed E-state index contributed by atoms with van der Waals surface area (Å²) in [6.07, 6.45) is 0.649. The molecular weight excluding hydrogens is 290 g/mol. The van der Waals surface area contributed by atoms with Gasteiger partial charge in [0.25, 0.3) is 11.5 Å². The quantitative estimate of drug-likeness (QED) is 0.617. The third-order valence-electron chi connectivity index (χ3n) is 2.95. The number of hydrogen-bond acceptors (Lipinski definition) is 4. The number of carboxylic acids is 1. The highest BCUT2D eigenvalue weighted by Crippen LogP contribution is 2.16. The first-order valence-electron chi connectivity index (χ1n) is 6.37. The molecule has 0 saturated carbocycles. The Kier molecular flexibility index (Phi) is 4.52. The summed E-state index contributed by atoms with van der Waals surface area (Å²) in [6.45, 7) is 0. The lowest BCUT2D eigenvalue weighted by atomic mass is 10.0. The molecule has 1 atom stereocenters. The van der Waals surface area contributed by atoms with E-state index >= 15 is 0 Å². The van der Waals surface area contributed by atoms with Crippen LogP contribution in [0, 0.1) is 0 Å². The van der Waals surface area contributed by atoms with Gasteiger partial charge in [-0.05, 0) is 5.56 Å². The Morgan fingerprint density at radius 3 is 2.45 bits per heavy atom. The highest BCUT2D eigenvalue weighted by atomic mass is 16.4. The molecule has 22 heavy (non-hydrogen) atoms. The molecule has 0 aliphatic heterocycles. The zero-order chi connectivity index (χ0) is 16.1. The minimum atomic E-state index is -1.09. The van der Waals surface area contributed by atoms with Crippen LogP contribution in [0.25, 0.3) is 0 Å². The zero-order valence-electron chi connectivity index (χ0n) is 11.3. The Hall–Kier alpha value is -3.16. The molecule has 0 bridgehead atoms. The Bertz CT molecular complexity index is 794. The molecule has 0 spiro atoms. The average Bonchev–Trinajstić information content (AvgIpc) is 2.46. The van der Waals surface area contributed by atoms with Crippen molar-refractivity contribution in [3.63, 3.8) is 0 Å². The topological polar surface area (TPSA) is 132 Å². The van der Waals surface area contributed by atoms with Crippen LogP contribution in [0.4, 0.5) is 0 Å². The van der Waals surface area contributed by atoms with E-state index in [9.17, 15) is 19.2 Å². The van der Waals surface area contributed by atoms with E-state index in [-0.39, 0.29) is 12.0 Å². The molecule has 0 aliphatic rings. The van der Waals surface area contributed by atoms with Crippen LogP contribution in [-0.2, 0) is 4.79 Å². The minimum Gasteiger partial charge on any atom is -0.481 e. The average molecular weight is 303 g/mol. The van der Waals surface area contributed by atoms with Crippen molar-refractivity contribution < 1.29 is 14.7 Å². The fraction of sp³-hybridized carbons (Fsp3) is 0.143. The molecule has 1 unspecified atom stereocenters. The van der Waals surface area contributed by atoms with Crippen molar-refractivity contribution in [3.05, 3.63) is 68.5 Å². The van der Waals surface area contributed by atoms with Crippen molar-refractivity contribution >= 4 is 11.9 Å². The molecular formula is C14H13N3O5. The van der Waals surface area contributed by atoms with Crippen LogP contribution in [0.3, 0.4) is 0 Å². The van der Waals surface area contributed by atoms with Gasteiger partial charge in [0, 0.05) is 6.20 Å². The standard InChI is InChI=1S/C14H13N3O5/c18-11(19)6-10(8-4-2-1-3-5-8)16-12(20)9-7-15-14(22)17-13(9)21/h1-5,7,10H,6H2,(H,16,20)(H,18,19)(H2,15,17,21,22). The van der Waals surface area contributed by atoms with Crippen molar-refractivity contribution in [1.29, 1.82) is 0 Å². The van der Waals surface area contributed by atoms with Crippen LogP contribution in [0.1, 0.15) is 28.4 Å². The predicted octanol–water partition coefficient (Wildman–Crippen LogP) is 0.00900. The van der Waals surface area contributed by atoms with Gasteiger partial charge in [0.2, 0.25) is 0 Å². The number of aromatic amines is 2. The molecule has 0 saturated heterocycles. The number of aromatic nitrogens is 2. The molecule has 2 rings (SSSR count). The molecule has 0 fully saturated rings. The van der Waals surface area contributed by atoms with Crippen LogP contribution >= 0.6 is 0 Å². The van der Waals surface area contributed by atoms with Gasteiger partial charge in [-0.2, -0.15) is 0 Å². The number of benzene rings is 1. The highest BCUT2D eigenvalue weighted by Gasteiger charge is 2.20. The SMILES string of the molecule is O=C(O)CC(NC(=O)c1c[nH]c(=O)[nH]c1=O)c1ccccc1. The Morgan fingerprint density at radius 2 is 1.86 bits per heavy atom. The second-order valence-corrected chi connectivity index (χ2v) is 4.52. The summed E-state index contributed by atoms with van der Waals surface area (Å²) in [5.41, 5.74) is -1.28. The normalized spacial score (nSPS) is 11.6. The van der Waals surface area contributed by atoms with Gasteiger partial charge in [0.05, 0.1) is 12.5 Å². The predicted molar refractivity (Wildman–Crippen MR) is 76.6 cm³/mol. The number of H-pyrrole nitrogens is 2. The molecule has 1 amide bonds. The summed E-state index contributed by atoms with van der Waals surface area (Å²) in [5.74, 6) is -1.86. The third-order valence-corrected chi connectivity index (χ3v) is 2.95. The van der Waals surface area contributed by atoms with Crippen molar-refractivity contribution in [2.45, 2.75) is 12.5 Å². The summed E-state index contributed by atoms with van der Waals surface area (Å²) in [4.78, 5) is 49.7. The Balaban J connectivity index is 2.27. The first kappa shape index (κ1) is 15.2. The third kappa shape index (κ3) is 3.69. The molecule has 1 heterocycles. The van der Waals surface area contributed by atoms with Crippen LogP contribution in [0.15, 0.2) is 46.1 Å². The lowest BCUT2D eigenvalue weighted by molar-refractivity contribution is -0.137. The molecule has 114 valence electrons. The van der Waals surface area contributed by atoms with Crippen molar-refractivity contribution in [2.24, 2.45) is 0 Å². The van der Waals surface area contributed by atoms with E-state index in [1.807, 2.05) is 4.98 Å². The molecule has 4 N–H and O–H groups in total. The molecule has 8 nitrogen and oxygen atoms in total. The second-order valence-electron chi connectivity index (χ2n) is 4.52. The Morgan fingerprint density at radius 1 is 1.18 bits per heavy atom. The van der Waals surface area contributed by atoms with E-state index in [1.165, 1.54) is 0 Å². The number of carbonyl (C=O) groups excluding carboxylic acids is 1. The van der Waals surface area contributed by atoms with E-state index < -0.39 is 29.2 Å². The number of rotatable bonds is 5. The summed E-state index contributed by atoms with van der Waals surface area (Å²) < 4.78 is 0. The van der Waals surface area contributed by atoms with Gasteiger partial charge in [0.15, 0.2) is 0 Å². The number of hydrogen-bond donors (Lipinski definition) is 4. The molecule has 1 aromatic heterocycles. The maximum Gasteiger partial charge on any atom is 0.325 e. The molecule has 0 aliphatic carbocycles. The number of carbonyl (C=O) groups is 2. The van der Waals surface area contributed by atoms with Gasteiger partial charge in [-0.25, -0.2) is 4.79 Å². The lowest BCUT2D eigenvalue weighted by Crippen LogP contribution is -2.36. The van der Waals surface area contributed by atoms with Crippen LogP contribution in [0.2, 0.25) is 0 Å². The number of aliphatic carboxylic acids is 1. The smallest absolute Gasteiger partial charge is 0.325 e. The maximum atomic E-state index is 12.1. The van der Waals surface area contributed by atoms with Crippen molar-refractivity contribution in [3.8, 4) is 0 Å². The van der Waals surface area contributed by atoms with Gasteiger partial charge < -0.3 is 15.4 Å². The fourth-order valence-corrected chi connectivity index (χ4v) is 1.93. The molecule has 2 aromatic rings. The molecule has 0 radical (unpaired) electrons. The van der Waals surface area contributed by atoms with E-state index in [4.69, 9.17) is 5.11 Å². The van der Waals surface area contributed by atoms with Gasteiger partial charge in [-0.3, -0.25) is 19.4 Å². The number of amides is 1. The molecule has 8 heteroatoms. The number of nitrogens with one attached hydrogen (secondary N) is 3. The highest BCUT2D eigenvalue weighted by molar-refractivity contribution is 5.94. The van der Waals surface area contributed by atoms with E-state index in [2.05, 4.69) is 10.3 Å².